The van der Waals surface area contributed by atoms with Gasteiger partial charge < -0.3 is 24.8 Å². The van der Waals surface area contributed by atoms with E-state index in [4.69, 9.17) is 0 Å². The van der Waals surface area contributed by atoms with Gasteiger partial charge in [0, 0.05) is 8.74 Å². The van der Waals surface area contributed by atoms with E-state index in [2.05, 4.69) is 178 Å². The van der Waals surface area contributed by atoms with E-state index in [1.54, 1.807) is 11.1 Å². The van der Waals surface area contributed by atoms with Gasteiger partial charge in [-0.25, -0.2) is 22.5 Å². The van der Waals surface area contributed by atoms with Crippen LogP contribution in [0.1, 0.15) is 81.1 Å². The second kappa shape index (κ2) is 18.5. The van der Waals surface area contributed by atoms with E-state index < -0.39 is 16.1 Å². The molecule has 0 aromatic heterocycles. The Kier molecular flexibility index (Phi) is 19.8. The smallest absolute Gasteiger partial charge is 1.00 e. The molecule has 0 aromatic rings. The van der Waals surface area contributed by atoms with Gasteiger partial charge >= 0.3 is 43.4 Å². The first kappa shape index (κ1) is 49.2. The first-order valence-corrected chi connectivity index (χ1v) is 24.2. The Morgan fingerprint density at radius 2 is 0.935 bits per heavy atom. The molecule has 8 heteroatoms. The van der Waals surface area contributed by atoms with Crippen molar-refractivity contribution in [1.82, 2.24) is 0 Å². The molecule has 0 radical (unpaired) electrons. The summed E-state index contributed by atoms with van der Waals surface area (Å²) in [5.41, 5.74) is 6.54. The summed E-state index contributed by atoms with van der Waals surface area (Å²) in [5.74, 6) is 0. The Morgan fingerprint density at radius 1 is 0.630 bits per heavy atom. The standard InChI is InChI=1S/2C19H29SSi.2ClH.2Ti/c2*1-15-12-13-19(20-5,17(14-15)18(2,3)4)21(6,7)16-10-8-9-11-16;;;;/h2*8,10,12,14H,9,13H2,1-7H3;2*1H;;/q2*-1;;;2*+2/p-2. The fourth-order valence-corrected chi connectivity index (χ4v) is 20.4. The van der Waals surface area contributed by atoms with E-state index in [-0.39, 0.29) is 87.8 Å². The molecule has 0 nitrogen and oxygen atoms in total. The van der Waals surface area contributed by atoms with Gasteiger partial charge in [0.05, 0.1) is 16.1 Å². The maximum atomic E-state index is 3.64. The number of thioether (sulfide) groups is 2. The van der Waals surface area contributed by atoms with Gasteiger partial charge in [0.25, 0.3) is 0 Å². The van der Waals surface area contributed by atoms with Crippen LogP contribution in [0.5, 0.6) is 0 Å². The number of hydrogen-bond acceptors (Lipinski definition) is 2. The molecule has 0 N–H and O–H groups in total. The second-order valence-corrected chi connectivity index (χ2v) is 27.8. The zero-order valence-corrected chi connectivity index (χ0v) is 39.3. The van der Waals surface area contributed by atoms with Crippen LogP contribution in [0.2, 0.25) is 26.2 Å². The molecule has 0 aliphatic heterocycles. The molecule has 46 heavy (non-hydrogen) atoms. The summed E-state index contributed by atoms with van der Waals surface area (Å²) in [6.45, 7) is 28.9. The van der Waals surface area contributed by atoms with Crippen LogP contribution in [-0.4, -0.2) is 37.4 Å². The minimum absolute atomic E-state index is 0. The fraction of sp³-hybridized carbons (Fsp3) is 0.579. The van der Waals surface area contributed by atoms with Crippen molar-refractivity contribution < 1.29 is 68.2 Å². The molecule has 0 spiro atoms. The average Bonchev–Trinajstić information content (AvgIpc) is 3.64. The van der Waals surface area contributed by atoms with Crippen molar-refractivity contribution in [2.75, 3.05) is 12.5 Å². The predicted octanol–water partition coefficient (Wildman–Crippen LogP) is 5.78. The number of allylic oxidation sites excluding steroid dienone is 14. The van der Waals surface area contributed by atoms with Crippen LogP contribution >= 0.6 is 23.5 Å². The van der Waals surface area contributed by atoms with Gasteiger partial charge in [-0.15, -0.1) is 12.8 Å². The molecule has 0 heterocycles. The van der Waals surface area contributed by atoms with Gasteiger partial charge in [-0.05, 0) is 50.0 Å². The van der Waals surface area contributed by atoms with Crippen molar-refractivity contribution in [1.29, 1.82) is 0 Å². The summed E-state index contributed by atoms with van der Waals surface area (Å²) in [6, 6.07) is 0. The van der Waals surface area contributed by atoms with E-state index in [0.717, 1.165) is 12.8 Å². The Hall–Kier alpha value is 1.06. The third kappa shape index (κ3) is 9.68. The molecule has 0 bridgehead atoms. The topological polar surface area (TPSA) is 0 Å². The molecule has 0 aromatic carbocycles. The number of rotatable bonds is 6. The van der Waals surface area contributed by atoms with Gasteiger partial charge in [0.15, 0.2) is 0 Å². The van der Waals surface area contributed by atoms with Crippen molar-refractivity contribution in [2.45, 2.75) is 116 Å². The quantitative estimate of drug-likeness (QED) is 0.247. The van der Waals surface area contributed by atoms with Crippen LogP contribution in [0.25, 0.3) is 0 Å². The first-order chi connectivity index (χ1) is 19.3. The SMILES string of the molecule is CSC1([Si](C)(C)C2=[C-]CC=C2)CC=C(C)C=C1C(C)(C)C.CSC1([Si](C)(C)C2=[C-]CC=C2)CC=C(C)C=C1C(C)(C)C.[Cl-].[Cl-].[Ti+2].[Ti+2]. The Labute approximate surface area is 337 Å². The van der Waals surface area contributed by atoms with Crippen LogP contribution < -0.4 is 24.8 Å². The van der Waals surface area contributed by atoms with Crippen LogP contribution in [0.15, 0.2) is 81.3 Å². The molecule has 4 rings (SSSR count). The van der Waals surface area contributed by atoms with E-state index in [1.165, 1.54) is 34.4 Å². The minimum atomic E-state index is -1.65. The molecule has 252 valence electrons. The molecule has 2 unspecified atom stereocenters. The molecular formula is C38H58Cl2S2Si2Ti2. The van der Waals surface area contributed by atoms with Gasteiger partial charge in [-0.2, -0.15) is 35.7 Å². The van der Waals surface area contributed by atoms with Crippen molar-refractivity contribution in [3.05, 3.63) is 93.4 Å². The summed E-state index contributed by atoms with van der Waals surface area (Å²) in [7, 11) is -3.31. The Morgan fingerprint density at radius 3 is 1.15 bits per heavy atom. The van der Waals surface area contributed by atoms with Crippen LogP contribution in [0.3, 0.4) is 0 Å². The zero-order valence-electron chi connectivity index (χ0n) is 31.0. The monoisotopic (exact) mass is 800 g/mol. The largest absolute Gasteiger partial charge is 2.00 e. The normalized spacial score (nSPS) is 24.2. The van der Waals surface area contributed by atoms with E-state index in [9.17, 15) is 0 Å². The summed E-state index contributed by atoms with van der Waals surface area (Å²) in [4.78, 5) is 0. The van der Waals surface area contributed by atoms with E-state index in [0.29, 0.717) is 0 Å². The van der Waals surface area contributed by atoms with Gasteiger partial charge in [0.1, 0.15) is 0 Å². The van der Waals surface area contributed by atoms with Crippen LogP contribution in [0.4, 0.5) is 0 Å². The van der Waals surface area contributed by atoms with Crippen molar-refractivity contribution in [3.8, 4) is 0 Å². The van der Waals surface area contributed by atoms with Crippen LogP contribution in [0, 0.1) is 23.0 Å². The fourth-order valence-electron chi connectivity index (χ4n) is 7.46. The zero-order chi connectivity index (χ0) is 31.8. The summed E-state index contributed by atoms with van der Waals surface area (Å²) < 4.78 is 0.504. The summed E-state index contributed by atoms with van der Waals surface area (Å²) >= 11 is 4.16. The van der Waals surface area contributed by atoms with Crippen molar-refractivity contribution in [3.63, 3.8) is 0 Å². The van der Waals surface area contributed by atoms with Crippen molar-refractivity contribution >= 4 is 39.7 Å². The molecule has 2 atom stereocenters. The van der Waals surface area contributed by atoms with Gasteiger partial charge in [-0.3, -0.25) is 12.2 Å². The minimum Gasteiger partial charge on any atom is -1.00 e. The van der Waals surface area contributed by atoms with E-state index >= 15 is 0 Å². The average molecular weight is 802 g/mol. The second-order valence-electron chi connectivity index (χ2n) is 15.6. The van der Waals surface area contributed by atoms with Crippen molar-refractivity contribution in [2.24, 2.45) is 10.8 Å². The maximum absolute atomic E-state index is 3.64. The van der Waals surface area contributed by atoms with Gasteiger partial charge in [-0.1, -0.05) is 114 Å². The molecule has 4 aliphatic carbocycles. The molecule has 0 saturated heterocycles. The Balaban J connectivity index is 0. The molecule has 0 amide bonds. The number of hydrogen-bond donors (Lipinski definition) is 0. The Bertz CT molecular complexity index is 1200. The summed E-state index contributed by atoms with van der Waals surface area (Å²) in [6.07, 6.45) is 35.3. The van der Waals surface area contributed by atoms with Crippen LogP contribution in [-0.2, 0) is 43.4 Å². The maximum Gasteiger partial charge on any atom is 2.00 e. The third-order valence-corrected chi connectivity index (χ3v) is 24.9. The molecule has 0 saturated carbocycles. The summed E-state index contributed by atoms with van der Waals surface area (Å²) in [5, 5.41) is 3.03. The number of halogens is 2. The predicted molar refractivity (Wildman–Crippen MR) is 200 cm³/mol. The van der Waals surface area contributed by atoms with Gasteiger partial charge in [0.2, 0.25) is 0 Å². The first-order valence-electron chi connectivity index (χ1n) is 15.7. The molecule has 0 fully saturated rings. The molecule has 4 aliphatic rings. The van der Waals surface area contributed by atoms with E-state index in [1.807, 2.05) is 0 Å². The third-order valence-electron chi connectivity index (χ3n) is 10.1. The molecular weight excluding hydrogens is 743 g/mol.